The minimum absolute atomic E-state index is 0.0263. The summed E-state index contributed by atoms with van der Waals surface area (Å²) in [7, 11) is 0. The van der Waals surface area contributed by atoms with Crippen molar-refractivity contribution in [1.29, 1.82) is 0 Å². The Morgan fingerprint density at radius 1 is 0.893 bits per heavy atom. The fourth-order valence-electron chi connectivity index (χ4n) is 3.16. The number of carbonyl (C=O) groups excluding carboxylic acids is 3. The van der Waals surface area contributed by atoms with Crippen LogP contribution in [0, 0.1) is 0 Å². The number of ketones is 1. The van der Waals surface area contributed by atoms with E-state index in [-0.39, 0.29) is 30.6 Å². The molecule has 0 aliphatic rings. The number of aryl methyl sites for hydroxylation is 2. The number of rotatable bonds is 8. The molecule has 2 amide bonds. The summed E-state index contributed by atoms with van der Waals surface area (Å²) in [6.07, 6.45) is 1.87. The van der Waals surface area contributed by atoms with Crippen LogP contribution >= 0.6 is 0 Å². The molecule has 148 valence electrons. The summed E-state index contributed by atoms with van der Waals surface area (Å²) < 4.78 is 0. The number of Topliss-reactive ketones (excluding diaryl/α,β-unsaturated/α-hetero) is 1. The van der Waals surface area contributed by atoms with E-state index in [1.54, 1.807) is 29.2 Å². The molecule has 0 aliphatic carbocycles. The molecule has 5 nitrogen and oxygen atoms in total. The average Bonchev–Trinajstić information content (AvgIpc) is 2.68. The Morgan fingerprint density at radius 2 is 1.46 bits per heavy atom. The largest absolute Gasteiger partial charge is 0.326 e. The number of benzene rings is 2. The molecule has 2 aromatic carbocycles. The van der Waals surface area contributed by atoms with E-state index >= 15 is 0 Å². The van der Waals surface area contributed by atoms with Crippen LogP contribution in [0.25, 0.3) is 0 Å². The first-order valence-electron chi connectivity index (χ1n) is 9.67. The Hall–Kier alpha value is -2.95. The van der Waals surface area contributed by atoms with Gasteiger partial charge in [-0.05, 0) is 55.2 Å². The average molecular weight is 380 g/mol. The predicted octanol–water partition coefficient (Wildman–Crippen LogP) is 4.40. The normalized spacial score (nSPS) is 10.4. The van der Waals surface area contributed by atoms with Gasteiger partial charge in [0.15, 0.2) is 5.78 Å². The number of hydrogen-bond donors (Lipinski definition) is 1. The van der Waals surface area contributed by atoms with E-state index in [1.165, 1.54) is 13.8 Å². The SMILES string of the molecule is CCc1cccc(CC)c1NC(=O)CCN(C(C)=O)c1ccc(C(C)=O)cc1. The highest BCUT2D eigenvalue weighted by molar-refractivity contribution is 5.97. The van der Waals surface area contributed by atoms with Crippen molar-refractivity contribution in [2.45, 2.75) is 47.0 Å². The number of hydrogen-bond acceptors (Lipinski definition) is 3. The molecular weight excluding hydrogens is 352 g/mol. The fourth-order valence-corrected chi connectivity index (χ4v) is 3.16. The van der Waals surface area contributed by atoms with Gasteiger partial charge in [0.25, 0.3) is 0 Å². The maximum Gasteiger partial charge on any atom is 0.226 e. The van der Waals surface area contributed by atoms with Gasteiger partial charge in [-0.3, -0.25) is 14.4 Å². The van der Waals surface area contributed by atoms with Gasteiger partial charge in [-0.1, -0.05) is 32.0 Å². The lowest BCUT2D eigenvalue weighted by Crippen LogP contribution is -2.32. The number of carbonyl (C=O) groups is 3. The van der Waals surface area contributed by atoms with E-state index in [1.807, 2.05) is 18.2 Å². The van der Waals surface area contributed by atoms with Crippen molar-refractivity contribution in [3.05, 3.63) is 59.2 Å². The molecule has 1 N–H and O–H groups in total. The third kappa shape index (κ3) is 5.28. The molecule has 0 bridgehead atoms. The zero-order chi connectivity index (χ0) is 20.7. The summed E-state index contributed by atoms with van der Waals surface area (Å²) in [5.74, 6) is -0.296. The maximum atomic E-state index is 12.6. The second-order valence-corrected chi connectivity index (χ2v) is 6.73. The summed E-state index contributed by atoms with van der Waals surface area (Å²) in [4.78, 5) is 37.6. The van der Waals surface area contributed by atoms with Crippen LogP contribution in [-0.2, 0) is 22.4 Å². The third-order valence-corrected chi connectivity index (χ3v) is 4.79. The molecule has 0 radical (unpaired) electrons. The fraction of sp³-hybridized carbons (Fsp3) is 0.348. The first-order valence-corrected chi connectivity index (χ1v) is 9.67. The minimum atomic E-state index is -0.147. The van der Waals surface area contributed by atoms with Crippen LogP contribution in [0.4, 0.5) is 11.4 Å². The van der Waals surface area contributed by atoms with Crippen LogP contribution < -0.4 is 10.2 Å². The number of amides is 2. The first kappa shape index (κ1) is 21.4. The monoisotopic (exact) mass is 380 g/mol. The van der Waals surface area contributed by atoms with E-state index in [0.29, 0.717) is 11.3 Å². The Kier molecular flexibility index (Phi) is 7.50. The highest BCUT2D eigenvalue weighted by Gasteiger charge is 2.15. The van der Waals surface area contributed by atoms with Crippen molar-refractivity contribution in [3.63, 3.8) is 0 Å². The molecular formula is C23H28N2O3. The Morgan fingerprint density at radius 3 is 1.93 bits per heavy atom. The van der Waals surface area contributed by atoms with E-state index in [4.69, 9.17) is 0 Å². The quantitative estimate of drug-likeness (QED) is 0.691. The maximum absolute atomic E-state index is 12.6. The van der Waals surface area contributed by atoms with Gasteiger partial charge in [0.05, 0.1) is 0 Å². The second-order valence-electron chi connectivity index (χ2n) is 6.73. The zero-order valence-corrected chi connectivity index (χ0v) is 17.0. The van der Waals surface area contributed by atoms with Gasteiger partial charge in [-0.15, -0.1) is 0 Å². The summed E-state index contributed by atoms with van der Waals surface area (Å²) in [6, 6.07) is 12.9. The molecule has 0 spiro atoms. The molecule has 0 aromatic heterocycles. The molecule has 0 fully saturated rings. The van der Waals surface area contributed by atoms with Crippen molar-refractivity contribution in [2.75, 3.05) is 16.8 Å². The van der Waals surface area contributed by atoms with Gasteiger partial charge in [-0.2, -0.15) is 0 Å². The Bertz CT molecular complexity index is 834. The smallest absolute Gasteiger partial charge is 0.226 e. The Balaban J connectivity index is 2.09. The zero-order valence-electron chi connectivity index (χ0n) is 17.0. The van der Waals surface area contributed by atoms with E-state index in [9.17, 15) is 14.4 Å². The molecule has 0 saturated carbocycles. The van der Waals surface area contributed by atoms with Gasteiger partial charge >= 0.3 is 0 Å². The van der Waals surface area contributed by atoms with E-state index < -0.39 is 0 Å². The van der Waals surface area contributed by atoms with E-state index in [2.05, 4.69) is 19.2 Å². The van der Waals surface area contributed by atoms with Crippen molar-refractivity contribution >= 4 is 29.0 Å². The Labute approximate surface area is 166 Å². The lowest BCUT2D eigenvalue weighted by Gasteiger charge is -2.21. The van der Waals surface area contributed by atoms with Gasteiger partial charge in [0, 0.05) is 36.8 Å². The second kappa shape index (κ2) is 9.83. The number of para-hydroxylation sites is 1. The lowest BCUT2D eigenvalue weighted by molar-refractivity contribution is -0.117. The molecule has 2 aromatic rings. The van der Waals surface area contributed by atoms with Crippen LogP contribution in [0.3, 0.4) is 0 Å². The van der Waals surface area contributed by atoms with Crippen LogP contribution in [0.1, 0.15) is 55.6 Å². The van der Waals surface area contributed by atoms with Crippen LogP contribution in [0.2, 0.25) is 0 Å². The van der Waals surface area contributed by atoms with Crippen LogP contribution in [0.5, 0.6) is 0 Å². The van der Waals surface area contributed by atoms with Crippen molar-refractivity contribution < 1.29 is 14.4 Å². The molecule has 0 aliphatic heterocycles. The molecule has 28 heavy (non-hydrogen) atoms. The summed E-state index contributed by atoms with van der Waals surface area (Å²) in [6.45, 7) is 7.37. The molecule has 0 saturated heterocycles. The minimum Gasteiger partial charge on any atom is -0.326 e. The van der Waals surface area contributed by atoms with E-state index in [0.717, 1.165) is 29.7 Å². The highest BCUT2D eigenvalue weighted by atomic mass is 16.2. The van der Waals surface area contributed by atoms with Crippen LogP contribution in [0.15, 0.2) is 42.5 Å². The van der Waals surface area contributed by atoms with Crippen molar-refractivity contribution in [2.24, 2.45) is 0 Å². The molecule has 5 heteroatoms. The molecule has 2 rings (SSSR count). The first-order chi connectivity index (χ1) is 13.4. The van der Waals surface area contributed by atoms with Crippen molar-refractivity contribution in [1.82, 2.24) is 0 Å². The predicted molar refractivity (Wildman–Crippen MR) is 113 cm³/mol. The van der Waals surface area contributed by atoms with Gasteiger partial charge in [0.2, 0.25) is 11.8 Å². The molecule has 0 unspecified atom stereocenters. The third-order valence-electron chi connectivity index (χ3n) is 4.79. The van der Waals surface area contributed by atoms with Gasteiger partial charge in [-0.25, -0.2) is 0 Å². The summed E-state index contributed by atoms with van der Waals surface area (Å²) in [5.41, 5.74) is 4.37. The topological polar surface area (TPSA) is 66.5 Å². The number of anilines is 2. The van der Waals surface area contributed by atoms with Gasteiger partial charge in [0.1, 0.15) is 0 Å². The standard InChI is InChI=1S/C23H28N2O3/c1-5-18-8-7-9-19(6-2)23(18)24-22(28)14-15-25(17(4)27)21-12-10-20(11-13-21)16(3)26/h7-13H,5-6,14-15H2,1-4H3,(H,24,28). The molecule has 0 heterocycles. The van der Waals surface area contributed by atoms with Crippen LogP contribution in [-0.4, -0.2) is 24.1 Å². The highest BCUT2D eigenvalue weighted by Crippen LogP contribution is 2.23. The summed E-state index contributed by atoms with van der Waals surface area (Å²) in [5, 5.41) is 3.03. The molecule has 0 atom stereocenters. The van der Waals surface area contributed by atoms with Crippen molar-refractivity contribution in [3.8, 4) is 0 Å². The summed E-state index contributed by atoms with van der Waals surface area (Å²) >= 11 is 0. The lowest BCUT2D eigenvalue weighted by atomic mass is 10.0. The van der Waals surface area contributed by atoms with Gasteiger partial charge < -0.3 is 10.2 Å². The number of nitrogens with zero attached hydrogens (tertiary/aromatic N) is 1. The number of nitrogens with one attached hydrogen (secondary N) is 1.